The van der Waals surface area contributed by atoms with E-state index in [-0.39, 0.29) is 17.4 Å². The summed E-state index contributed by atoms with van der Waals surface area (Å²) in [7, 11) is 0. The first-order chi connectivity index (χ1) is 16.4. The largest absolute Gasteiger partial charge is 0.490 e. The summed E-state index contributed by atoms with van der Waals surface area (Å²) in [6.45, 7) is 1.85. The lowest BCUT2D eigenvalue weighted by Crippen LogP contribution is -2.24. The average Bonchev–Trinajstić information content (AvgIpc) is 2.82. The number of nitrogens with one attached hydrogen (secondary N) is 1. The van der Waals surface area contributed by atoms with E-state index < -0.39 is 11.9 Å². The third-order valence-electron chi connectivity index (χ3n) is 4.23. The molecule has 0 bridgehead atoms. The first kappa shape index (κ1) is 25.4. The summed E-state index contributed by atoms with van der Waals surface area (Å²) in [5.41, 5.74) is 3.31. The van der Waals surface area contributed by atoms with Crippen LogP contribution in [0.1, 0.15) is 22.8 Å². The lowest BCUT2D eigenvalue weighted by Gasteiger charge is -2.11. The molecule has 1 amide bonds. The predicted octanol–water partition coefficient (Wildman–Crippen LogP) is 5.79. The Kier molecular flexibility index (Phi) is 9.16. The smallest absolute Gasteiger partial charge is 0.343 e. The molecule has 7 nitrogen and oxygen atoms in total. The number of rotatable bonds is 9. The topological polar surface area (TPSA) is 86.2 Å². The van der Waals surface area contributed by atoms with Crippen LogP contribution in [0.2, 0.25) is 15.1 Å². The number of amides is 1. The van der Waals surface area contributed by atoms with Crippen molar-refractivity contribution in [1.29, 1.82) is 0 Å². The summed E-state index contributed by atoms with van der Waals surface area (Å²) in [6.07, 6.45) is 1.41. The quantitative estimate of drug-likeness (QED) is 0.167. The highest BCUT2D eigenvalue weighted by molar-refractivity contribution is 6.42. The maximum atomic E-state index is 12.4. The average molecular weight is 522 g/mol. The number of carbonyl (C=O) groups excluding carboxylic acids is 2. The Balaban J connectivity index is 1.60. The molecule has 3 rings (SSSR count). The number of ether oxygens (including phenoxy) is 3. The molecule has 0 aliphatic rings. The lowest BCUT2D eigenvalue weighted by molar-refractivity contribution is -0.123. The van der Waals surface area contributed by atoms with Gasteiger partial charge in [-0.05, 0) is 67.1 Å². The number of carbonyl (C=O) groups is 2. The highest BCUT2D eigenvalue weighted by atomic mass is 35.5. The number of hydrazone groups is 1. The Labute approximate surface area is 211 Å². The monoisotopic (exact) mass is 520 g/mol. The van der Waals surface area contributed by atoms with E-state index in [1.165, 1.54) is 6.21 Å². The van der Waals surface area contributed by atoms with Crippen molar-refractivity contribution in [3.05, 3.63) is 86.9 Å². The van der Waals surface area contributed by atoms with E-state index in [1.54, 1.807) is 67.6 Å². The van der Waals surface area contributed by atoms with E-state index in [9.17, 15) is 9.59 Å². The summed E-state index contributed by atoms with van der Waals surface area (Å²) >= 11 is 17.8. The van der Waals surface area contributed by atoms with Crippen LogP contribution in [0.3, 0.4) is 0 Å². The highest BCUT2D eigenvalue weighted by Gasteiger charge is 2.13. The number of nitrogens with zero attached hydrogens (tertiary/aromatic N) is 1. The zero-order chi connectivity index (χ0) is 24.5. The Morgan fingerprint density at radius 2 is 1.71 bits per heavy atom. The van der Waals surface area contributed by atoms with Crippen molar-refractivity contribution in [3.63, 3.8) is 0 Å². The van der Waals surface area contributed by atoms with Crippen LogP contribution in [0.25, 0.3) is 0 Å². The zero-order valence-corrected chi connectivity index (χ0v) is 20.2. The molecule has 0 aliphatic carbocycles. The number of hydrogen-bond donors (Lipinski definition) is 1. The Hall–Kier alpha value is -3.26. The van der Waals surface area contributed by atoms with Gasteiger partial charge in [0, 0.05) is 5.02 Å². The van der Waals surface area contributed by atoms with Crippen LogP contribution in [0, 0.1) is 0 Å². The van der Waals surface area contributed by atoms with Gasteiger partial charge in [-0.3, -0.25) is 4.79 Å². The summed E-state index contributed by atoms with van der Waals surface area (Å²) in [4.78, 5) is 24.4. The van der Waals surface area contributed by atoms with E-state index in [0.29, 0.717) is 39.3 Å². The van der Waals surface area contributed by atoms with E-state index in [2.05, 4.69) is 10.5 Å². The van der Waals surface area contributed by atoms with Crippen LogP contribution in [0.15, 0.2) is 65.8 Å². The molecule has 0 fully saturated rings. The van der Waals surface area contributed by atoms with Gasteiger partial charge in [0.25, 0.3) is 5.91 Å². The first-order valence-electron chi connectivity index (χ1n) is 10.0. The second-order valence-electron chi connectivity index (χ2n) is 6.67. The summed E-state index contributed by atoms with van der Waals surface area (Å²) in [5, 5.41) is 4.96. The first-order valence-corrected chi connectivity index (χ1v) is 11.1. The summed E-state index contributed by atoms with van der Waals surface area (Å²) in [5.74, 6) is -0.163. The number of benzene rings is 3. The van der Waals surface area contributed by atoms with Gasteiger partial charge in [0.1, 0.15) is 10.8 Å². The van der Waals surface area contributed by atoms with Gasteiger partial charge in [-0.15, -0.1) is 0 Å². The molecule has 0 atom stereocenters. The van der Waals surface area contributed by atoms with Gasteiger partial charge in [-0.25, -0.2) is 10.2 Å². The summed E-state index contributed by atoms with van der Waals surface area (Å²) in [6, 6.07) is 16.1. The van der Waals surface area contributed by atoms with Crippen LogP contribution < -0.4 is 19.6 Å². The van der Waals surface area contributed by atoms with E-state index >= 15 is 0 Å². The van der Waals surface area contributed by atoms with E-state index in [4.69, 9.17) is 49.0 Å². The third-order valence-corrected chi connectivity index (χ3v) is 5.28. The molecule has 0 heterocycles. The van der Waals surface area contributed by atoms with Gasteiger partial charge in [-0.1, -0.05) is 40.9 Å². The van der Waals surface area contributed by atoms with Crippen molar-refractivity contribution >= 4 is 52.9 Å². The molecule has 3 aromatic carbocycles. The van der Waals surface area contributed by atoms with Gasteiger partial charge in [0.15, 0.2) is 18.1 Å². The number of halogens is 3. The molecule has 0 unspecified atom stereocenters. The molecule has 0 saturated carbocycles. The Morgan fingerprint density at radius 1 is 0.941 bits per heavy atom. The molecule has 176 valence electrons. The van der Waals surface area contributed by atoms with Crippen LogP contribution in [0.4, 0.5) is 0 Å². The molecule has 3 aromatic rings. The number of esters is 1. The van der Waals surface area contributed by atoms with Crippen molar-refractivity contribution in [3.8, 4) is 17.2 Å². The fourth-order valence-corrected chi connectivity index (χ4v) is 3.12. The minimum Gasteiger partial charge on any atom is -0.490 e. The molecule has 0 spiro atoms. The van der Waals surface area contributed by atoms with Gasteiger partial charge < -0.3 is 14.2 Å². The Morgan fingerprint density at radius 3 is 2.44 bits per heavy atom. The highest BCUT2D eigenvalue weighted by Crippen LogP contribution is 2.31. The lowest BCUT2D eigenvalue weighted by atomic mass is 10.2. The second kappa shape index (κ2) is 12.3. The minimum atomic E-state index is -0.550. The second-order valence-corrected chi connectivity index (χ2v) is 7.89. The zero-order valence-electron chi connectivity index (χ0n) is 17.9. The number of hydrogen-bond acceptors (Lipinski definition) is 6. The SMILES string of the molecule is CCOc1cc(/C=N\NC(=O)COc2cccc(Cl)c2Cl)ccc1OC(=O)c1ccc(Cl)cc1. The van der Waals surface area contributed by atoms with Crippen molar-refractivity contribution < 1.29 is 23.8 Å². The fraction of sp³-hybridized carbons (Fsp3) is 0.125. The van der Waals surface area contributed by atoms with Crippen molar-refractivity contribution in [1.82, 2.24) is 5.43 Å². The van der Waals surface area contributed by atoms with Gasteiger partial charge in [0.2, 0.25) is 0 Å². The molecular weight excluding hydrogens is 503 g/mol. The normalized spacial score (nSPS) is 10.7. The van der Waals surface area contributed by atoms with E-state index in [0.717, 1.165) is 0 Å². The van der Waals surface area contributed by atoms with Gasteiger partial charge in [-0.2, -0.15) is 5.10 Å². The maximum absolute atomic E-state index is 12.4. The van der Waals surface area contributed by atoms with Crippen LogP contribution in [0.5, 0.6) is 17.2 Å². The molecule has 10 heteroatoms. The van der Waals surface area contributed by atoms with Crippen molar-refractivity contribution in [2.45, 2.75) is 6.92 Å². The molecule has 1 N–H and O–H groups in total. The molecule has 0 aliphatic heterocycles. The predicted molar refractivity (Wildman–Crippen MR) is 132 cm³/mol. The third kappa shape index (κ3) is 7.12. The van der Waals surface area contributed by atoms with Gasteiger partial charge in [0.05, 0.1) is 23.4 Å². The van der Waals surface area contributed by atoms with Crippen LogP contribution in [-0.4, -0.2) is 31.3 Å². The summed E-state index contributed by atoms with van der Waals surface area (Å²) < 4.78 is 16.4. The minimum absolute atomic E-state index is 0.223. The van der Waals surface area contributed by atoms with Crippen LogP contribution >= 0.6 is 34.8 Å². The molecule has 0 radical (unpaired) electrons. The molecule has 34 heavy (non-hydrogen) atoms. The van der Waals surface area contributed by atoms with Crippen molar-refractivity contribution in [2.24, 2.45) is 5.10 Å². The molecule has 0 saturated heterocycles. The van der Waals surface area contributed by atoms with E-state index in [1.807, 2.05) is 0 Å². The maximum Gasteiger partial charge on any atom is 0.343 e. The standard InChI is InChI=1S/C24H19Cl3N2O5/c1-2-32-21-12-15(6-11-19(21)34-24(31)16-7-9-17(25)10-8-16)13-28-29-22(30)14-33-20-5-3-4-18(26)23(20)27/h3-13H,2,14H2,1H3,(H,29,30)/b28-13-. The Bertz CT molecular complexity index is 1200. The molecule has 0 aromatic heterocycles. The molecular formula is C24H19Cl3N2O5. The van der Waals surface area contributed by atoms with Crippen molar-refractivity contribution in [2.75, 3.05) is 13.2 Å². The van der Waals surface area contributed by atoms with Gasteiger partial charge >= 0.3 is 5.97 Å². The fourth-order valence-electron chi connectivity index (χ4n) is 2.65. The van der Waals surface area contributed by atoms with Crippen LogP contribution in [-0.2, 0) is 4.79 Å².